The Labute approximate surface area is 344 Å². The van der Waals surface area contributed by atoms with E-state index in [0.717, 1.165) is 39.4 Å². The molecule has 0 aromatic heterocycles. The molecule has 0 spiro atoms. The second-order valence-electron chi connectivity index (χ2n) is 15.2. The molecule has 1 heterocycles. The van der Waals surface area contributed by atoms with Crippen molar-refractivity contribution in [1.29, 1.82) is 0 Å². The summed E-state index contributed by atoms with van der Waals surface area (Å²) in [5.41, 5.74) is 15.5. The molecule has 0 bridgehead atoms. The number of benzene rings is 10. The molecule has 0 amide bonds. The molecule has 10 aromatic rings. The Balaban J connectivity index is 1.01. The molecule has 0 N–H and O–H groups in total. The molecular formula is C57H39NO. The Bertz CT molecular complexity index is 3140. The maximum absolute atomic E-state index is 6.46. The SMILES string of the molecule is c1ccc(-c2ccc(-c3ccc(N(Cc4ccccc4-c4cccc5ccccc45)c4cccc(-c5ccc6c7c(cccc57)-c5ccccc5O6)c4)cc3)cc2)cc1. The number of anilines is 2. The topological polar surface area (TPSA) is 12.5 Å². The van der Waals surface area contributed by atoms with Crippen molar-refractivity contribution in [1.82, 2.24) is 0 Å². The van der Waals surface area contributed by atoms with Crippen LogP contribution in [0.4, 0.5) is 11.4 Å². The summed E-state index contributed by atoms with van der Waals surface area (Å²) in [5.74, 6) is 1.80. The highest BCUT2D eigenvalue weighted by atomic mass is 16.5. The van der Waals surface area contributed by atoms with E-state index >= 15 is 0 Å². The minimum absolute atomic E-state index is 0.683. The summed E-state index contributed by atoms with van der Waals surface area (Å²) in [6.45, 7) is 0.683. The first-order valence-electron chi connectivity index (χ1n) is 20.3. The maximum Gasteiger partial charge on any atom is 0.135 e. The van der Waals surface area contributed by atoms with Gasteiger partial charge in [0.2, 0.25) is 0 Å². The average Bonchev–Trinajstić information content (AvgIpc) is 3.31. The Hall–Kier alpha value is -7.68. The molecule has 1 aliphatic heterocycles. The van der Waals surface area contributed by atoms with Crippen molar-refractivity contribution < 1.29 is 4.74 Å². The van der Waals surface area contributed by atoms with Gasteiger partial charge in [0, 0.05) is 28.9 Å². The van der Waals surface area contributed by atoms with Gasteiger partial charge in [0.15, 0.2) is 0 Å². The van der Waals surface area contributed by atoms with Crippen LogP contribution in [-0.4, -0.2) is 0 Å². The van der Waals surface area contributed by atoms with E-state index in [2.05, 4.69) is 223 Å². The predicted octanol–water partition coefficient (Wildman–Crippen LogP) is 15.8. The first kappa shape index (κ1) is 34.6. The number of ether oxygens (including phenoxy) is 1. The van der Waals surface area contributed by atoms with Gasteiger partial charge in [0.05, 0.1) is 0 Å². The van der Waals surface area contributed by atoms with Gasteiger partial charge < -0.3 is 9.64 Å². The Morgan fingerprint density at radius 3 is 1.73 bits per heavy atom. The normalized spacial score (nSPS) is 11.6. The zero-order valence-corrected chi connectivity index (χ0v) is 32.4. The second kappa shape index (κ2) is 14.7. The summed E-state index contributed by atoms with van der Waals surface area (Å²) in [4.78, 5) is 2.46. The molecule has 0 saturated heterocycles. The molecule has 0 radical (unpaired) electrons. The minimum Gasteiger partial charge on any atom is -0.456 e. The third kappa shape index (κ3) is 6.32. The summed E-state index contributed by atoms with van der Waals surface area (Å²) < 4.78 is 6.46. The molecule has 1 aliphatic rings. The Morgan fingerprint density at radius 2 is 0.898 bits per heavy atom. The lowest BCUT2D eigenvalue weighted by Gasteiger charge is -2.28. The zero-order chi connectivity index (χ0) is 39.1. The predicted molar refractivity (Wildman–Crippen MR) is 247 cm³/mol. The highest BCUT2D eigenvalue weighted by molar-refractivity contribution is 6.10. The van der Waals surface area contributed by atoms with E-state index in [0.29, 0.717) is 6.54 Å². The third-order valence-corrected chi connectivity index (χ3v) is 11.8. The third-order valence-electron chi connectivity index (χ3n) is 11.8. The van der Waals surface area contributed by atoms with E-state index < -0.39 is 0 Å². The number of hydrogen-bond acceptors (Lipinski definition) is 2. The van der Waals surface area contributed by atoms with Gasteiger partial charge in [-0.1, -0.05) is 188 Å². The van der Waals surface area contributed by atoms with Gasteiger partial charge in [0.1, 0.15) is 11.5 Å². The highest BCUT2D eigenvalue weighted by Crippen LogP contribution is 2.49. The molecule has 0 saturated carbocycles. The molecular weight excluding hydrogens is 715 g/mol. The van der Waals surface area contributed by atoms with Gasteiger partial charge in [-0.05, 0) is 108 Å². The average molecular weight is 754 g/mol. The van der Waals surface area contributed by atoms with Crippen LogP contribution in [0.2, 0.25) is 0 Å². The summed E-state index contributed by atoms with van der Waals surface area (Å²) in [7, 11) is 0. The minimum atomic E-state index is 0.683. The maximum atomic E-state index is 6.46. The summed E-state index contributed by atoms with van der Waals surface area (Å²) in [6.07, 6.45) is 0. The van der Waals surface area contributed by atoms with Crippen molar-refractivity contribution in [3.05, 3.63) is 230 Å². The number of rotatable bonds is 8. The number of fused-ring (bicyclic) bond motifs is 3. The van der Waals surface area contributed by atoms with Crippen LogP contribution in [0.5, 0.6) is 11.5 Å². The monoisotopic (exact) mass is 753 g/mol. The van der Waals surface area contributed by atoms with Crippen LogP contribution in [0.1, 0.15) is 5.56 Å². The van der Waals surface area contributed by atoms with Gasteiger partial charge >= 0.3 is 0 Å². The van der Waals surface area contributed by atoms with E-state index in [4.69, 9.17) is 4.74 Å². The zero-order valence-electron chi connectivity index (χ0n) is 32.4. The lowest BCUT2D eigenvalue weighted by Crippen LogP contribution is -2.17. The van der Waals surface area contributed by atoms with Gasteiger partial charge in [0.25, 0.3) is 0 Å². The van der Waals surface area contributed by atoms with Gasteiger partial charge in [-0.15, -0.1) is 0 Å². The first-order chi connectivity index (χ1) is 29.2. The van der Waals surface area contributed by atoms with Crippen LogP contribution in [0.25, 0.3) is 77.2 Å². The largest absolute Gasteiger partial charge is 0.456 e. The molecule has 278 valence electrons. The van der Waals surface area contributed by atoms with E-state index in [1.165, 1.54) is 66.2 Å². The van der Waals surface area contributed by atoms with Crippen molar-refractivity contribution in [2.75, 3.05) is 4.90 Å². The van der Waals surface area contributed by atoms with Crippen molar-refractivity contribution in [2.24, 2.45) is 0 Å². The van der Waals surface area contributed by atoms with Crippen LogP contribution in [0.15, 0.2) is 224 Å². The molecule has 59 heavy (non-hydrogen) atoms. The van der Waals surface area contributed by atoms with Gasteiger partial charge in [-0.2, -0.15) is 0 Å². The second-order valence-corrected chi connectivity index (χ2v) is 15.2. The van der Waals surface area contributed by atoms with Crippen molar-refractivity contribution in [2.45, 2.75) is 6.54 Å². The van der Waals surface area contributed by atoms with Crippen molar-refractivity contribution in [3.63, 3.8) is 0 Å². The number of para-hydroxylation sites is 1. The molecule has 0 aliphatic carbocycles. The van der Waals surface area contributed by atoms with Crippen molar-refractivity contribution >= 4 is 32.9 Å². The van der Waals surface area contributed by atoms with E-state index in [1.807, 2.05) is 6.07 Å². The van der Waals surface area contributed by atoms with Crippen LogP contribution in [0, 0.1) is 0 Å². The lowest BCUT2D eigenvalue weighted by molar-refractivity contribution is 0.487. The van der Waals surface area contributed by atoms with E-state index in [-0.39, 0.29) is 0 Å². The smallest absolute Gasteiger partial charge is 0.135 e. The summed E-state index contributed by atoms with van der Waals surface area (Å²) in [6, 6.07) is 80.9. The Kier molecular flexibility index (Phi) is 8.60. The van der Waals surface area contributed by atoms with E-state index in [1.54, 1.807) is 0 Å². The lowest BCUT2D eigenvalue weighted by atomic mass is 9.90. The Morgan fingerprint density at radius 1 is 0.322 bits per heavy atom. The molecule has 0 unspecified atom stereocenters. The molecule has 0 fully saturated rings. The molecule has 2 nitrogen and oxygen atoms in total. The molecule has 2 heteroatoms. The number of hydrogen-bond donors (Lipinski definition) is 0. The fraction of sp³-hybridized carbons (Fsp3) is 0.0175. The van der Waals surface area contributed by atoms with Gasteiger partial charge in [-0.25, -0.2) is 0 Å². The molecule has 10 aromatic carbocycles. The molecule has 0 atom stereocenters. The summed E-state index contributed by atoms with van der Waals surface area (Å²) in [5, 5.41) is 4.84. The quantitative estimate of drug-likeness (QED) is 0.153. The number of nitrogens with zero attached hydrogens (tertiary/aromatic N) is 1. The van der Waals surface area contributed by atoms with Crippen LogP contribution >= 0.6 is 0 Å². The van der Waals surface area contributed by atoms with Gasteiger partial charge in [-0.3, -0.25) is 0 Å². The summed E-state index contributed by atoms with van der Waals surface area (Å²) >= 11 is 0. The van der Waals surface area contributed by atoms with Crippen LogP contribution in [0.3, 0.4) is 0 Å². The standard InChI is InChI=1S/C57H39NO/c1-2-13-39(14-3-1)40-27-29-41(30-28-40)42-31-33-46(34-32-42)58(38-45-16-5-7-21-49(45)51-23-11-17-43-15-4-6-20-48(43)51)47-19-10-18-44(37-47)50-35-36-56-57-53(50)24-12-25-54(57)52-22-8-9-26-55(52)59-56/h1-37H,38H2. The fourth-order valence-electron chi connectivity index (χ4n) is 8.88. The highest BCUT2D eigenvalue weighted by Gasteiger charge is 2.22. The van der Waals surface area contributed by atoms with Crippen molar-refractivity contribution in [3.8, 4) is 67.1 Å². The fourth-order valence-corrected chi connectivity index (χ4v) is 8.88. The van der Waals surface area contributed by atoms with Crippen LogP contribution < -0.4 is 9.64 Å². The van der Waals surface area contributed by atoms with E-state index in [9.17, 15) is 0 Å². The first-order valence-corrected chi connectivity index (χ1v) is 20.3. The van der Waals surface area contributed by atoms with Crippen LogP contribution in [-0.2, 0) is 6.54 Å². The molecule has 11 rings (SSSR count).